The number of nitrogens with one attached hydrogen (secondary N) is 1. The highest BCUT2D eigenvalue weighted by Gasteiger charge is 2.17. The van der Waals surface area contributed by atoms with Crippen LogP contribution in [0.25, 0.3) is 0 Å². The number of fused-ring (bicyclic) bond motifs is 1. The molecule has 0 fully saturated rings. The van der Waals surface area contributed by atoms with Gasteiger partial charge < -0.3 is 10.1 Å². The third kappa shape index (κ3) is 2.53. The van der Waals surface area contributed by atoms with Crippen LogP contribution < -0.4 is 4.74 Å². The number of hydrogen-bond donors (Lipinski definition) is 1. The fourth-order valence-corrected chi connectivity index (χ4v) is 2.55. The first-order valence-electron chi connectivity index (χ1n) is 6.71. The second-order valence-electron chi connectivity index (χ2n) is 4.89. The Morgan fingerprint density at radius 2 is 1.79 bits per heavy atom. The van der Waals surface area contributed by atoms with E-state index in [0.717, 1.165) is 36.3 Å². The third-order valence-corrected chi connectivity index (χ3v) is 3.55. The van der Waals surface area contributed by atoms with E-state index in [-0.39, 0.29) is 0 Å². The van der Waals surface area contributed by atoms with Crippen molar-refractivity contribution < 1.29 is 4.74 Å². The minimum atomic E-state index is 0.588. The van der Waals surface area contributed by atoms with Crippen molar-refractivity contribution in [2.24, 2.45) is 0 Å². The maximum atomic E-state index is 8.01. The summed E-state index contributed by atoms with van der Waals surface area (Å²) in [5, 5.41) is 8.01. The van der Waals surface area contributed by atoms with E-state index in [9.17, 15) is 0 Å². The molecule has 0 saturated heterocycles. The number of ether oxygens (including phenoxy) is 1. The standard InChI is InChI=1S/C17H17NO/c18-16-10-4-9-15-14(16)8-5-11-17(15)19-12-13-6-2-1-3-7-13/h1-3,5-8,11,18H,4,9-10,12H2. The van der Waals surface area contributed by atoms with Crippen LogP contribution in [0.2, 0.25) is 0 Å². The molecule has 2 heteroatoms. The fraction of sp³-hybridized carbons (Fsp3) is 0.235. The minimum absolute atomic E-state index is 0.588. The predicted molar refractivity (Wildman–Crippen MR) is 77.0 cm³/mol. The van der Waals surface area contributed by atoms with E-state index in [1.165, 1.54) is 11.1 Å². The summed E-state index contributed by atoms with van der Waals surface area (Å²) in [7, 11) is 0. The quantitative estimate of drug-likeness (QED) is 0.879. The SMILES string of the molecule is N=C1CCCc2c(OCc3ccccc3)cccc21. The lowest BCUT2D eigenvalue weighted by Gasteiger charge is -2.20. The molecule has 1 aliphatic rings. The highest BCUT2D eigenvalue weighted by Crippen LogP contribution is 2.29. The van der Waals surface area contributed by atoms with Gasteiger partial charge in [0.05, 0.1) is 0 Å². The molecule has 0 unspecified atom stereocenters. The maximum Gasteiger partial charge on any atom is 0.123 e. The lowest BCUT2D eigenvalue weighted by Crippen LogP contribution is -2.12. The lowest BCUT2D eigenvalue weighted by atomic mass is 9.89. The summed E-state index contributed by atoms with van der Waals surface area (Å²) in [5.41, 5.74) is 4.18. The Hall–Kier alpha value is -2.09. The van der Waals surface area contributed by atoms with E-state index in [1.807, 2.05) is 36.4 Å². The van der Waals surface area contributed by atoms with Crippen LogP contribution in [-0.4, -0.2) is 5.71 Å². The smallest absolute Gasteiger partial charge is 0.123 e. The monoisotopic (exact) mass is 251 g/mol. The van der Waals surface area contributed by atoms with Crippen molar-refractivity contribution in [3.8, 4) is 5.75 Å². The second kappa shape index (κ2) is 5.27. The highest BCUT2D eigenvalue weighted by molar-refractivity contribution is 6.01. The highest BCUT2D eigenvalue weighted by atomic mass is 16.5. The van der Waals surface area contributed by atoms with Gasteiger partial charge in [-0.1, -0.05) is 42.5 Å². The zero-order valence-electron chi connectivity index (χ0n) is 10.9. The molecule has 0 heterocycles. The Labute approximate surface area is 113 Å². The molecule has 3 rings (SSSR count). The van der Waals surface area contributed by atoms with Gasteiger partial charge in [0.25, 0.3) is 0 Å². The van der Waals surface area contributed by atoms with Crippen molar-refractivity contribution in [1.29, 1.82) is 5.41 Å². The summed E-state index contributed by atoms with van der Waals surface area (Å²) >= 11 is 0. The molecule has 0 bridgehead atoms. The van der Waals surface area contributed by atoms with Gasteiger partial charge in [-0.15, -0.1) is 0 Å². The number of benzene rings is 2. The summed E-state index contributed by atoms with van der Waals surface area (Å²) in [5.74, 6) is 0.936. The molecule has 0 amide bonds. The molecule has 0 saturated carbocycles. The molecule has 2 nitrogen and oxygen atoms in total. The van der Waals surface area contributed by atoms with E-state index in [1.54, 1.807) is 0 Å². The van der Waals surface area contributed by atoms with E-state index >= 15 is 0 Å². The van der Waals surface area contributed by atoms with Crippen LogP contribution in [-0.2, 0) is 13.0 Å². The molecule has 19 heavy (non-hydrogen) atoms. The Morgan fingerprint density at radius 1 is 0.947 bits per heavy atom. The first kappa shape index (κ1) is 12.0. The average molecular weight is 251 g/mol. The molecular weight excluding hydrogens is 234 g/mol. The topological polar surface area (TPSA) is 33.1 Å². The number of rotatable bonds is 3. The van der Waals surface area contributed by atoms with Gasteiger partial charge in [-0.3, -0.25) is 0 Å². The first-order chi connectivity index (χ1) is 9.34. The Balaban J connectivity index is 1.82. The summed E-state index contributed by atoms with van der Waals surface area (Å²) in [6.45, 7) is 0.588. The summed E-state index contributed by atoms with van der Waals surface area (Å²) in [6.07, 6.45) is 2.95. The van der Waals surface area contributed by atoms with Crippen molar-refractivity contribution in [2.75, 3.05) is 0 Å². The van der Waals surface area contributed by atoms with Crippen molar-refractivity contribution in [2.45, 2.75) is 25.9 Å². The lowest BCUT2D eigenvalue weighted by molar-refractivity contribution is 0.302. The Bertz CT molecular complexity index is 589. The Kier molecular flexibility index (Phi) is 3.32. The van der Waals surface area contributed by atoms with Crippen LogP contribution in [0.15, 0.2) is 48.5 Å². The normalized spacial score (nSPS) is 14.0. The summed E-state index contributed by atoms with van der Waals surface area (Å²) < 4.78 is 5.94. The van der Waals surface area contributed by atoms with Gasteiger partial charge in [-0.2, -0.15) is 0 Å². The summed E-state index contributed by atoms with van der Waals surface area (Å²) in [4.78, 5) is 0. The molecule has 1 aliphatic carbocycles. The van der Waals surface area contributed by atoms with E-state index in [4.69, 9.17) is 10.1 Å². The van der Waals surface area contributed by atoms with Gasteiger partial charge >= 0.3 is 0 Å². The first-order valence-corrected chi connectivity index (χ1v) is 6.71. The number of hydrogen-bond acceptors (Lipinski definition) is 2. The largest absolute Gasteiger partial charge is 0.489 e. The molecule has 0 aromatic heterocycles. The van der Waals surface area contributed by atoms with Crippen LogP contribution in [0.5, 0.6) is 5.75 Å². The van der Waals surface area contributed by atoms with Crippen LogP contribution in [0.1, 0.15) is 29.5 Å². The molecule has 0 radical (unpaired) electrons. The van der Waals surface area contributed by atoms with Crippen LogP contribution in [0.4, 0.5) is 0 Å². The maximum absolute atomic E-state index is 8.01. The minimum Gasteiger partial charge on any atom is -0.489 e. The average Bonchev–Trinajstić information content (AvgIpc) is 2.47. The molecule has 0 spiro atoms. The van der Waals surface area contributed by atoms with Crippen molar-refractivity contribution in [3.63, 3.8) is 0 Å². The van der Waals surface area contributed by atoms with Gasteiger partial charge in [-0.25, -0.2) is 0 Å². The van der Waals surface area contributed by atoms with Crippen molar-refractivity contribution in [3.05, 3.63) is 65.2 Å². The van der Waals surface area contributed by atoms with Gasteiger partial charge in [0.2, 0.25) is 0 Å². The molecule has 2 aromatic carbocycles. The van der Waals surface area contributed by atoms with E-state index < -0.39 is 0 Å². The van der Waals surface area contributed by atoms with Crippen molar-refractivity contribution in [1.82, 2.24) is 0 Å². The zero-order valence-corrected chi connectivity index (χ0v) is 10.9. The molecule has 1 N–H and O–H groups in total. The molecule has 2 aromatic rings. The summed E-state index contributed by atoms with van der Waals surface area (Å²) in [6, 6.07) is 16.2. The molecule has 0 atom stereocenters. The van der Waals surface area contributed by atoms with Gasteiger partial charge in [0, 0.05) is 16.8 Å². The van der Waals surface area contributed by atoms with Gasteiger partial charge in [-0.05, 0) is 30.9 Å². The van der Waals surface area contributed by atoms with E-state index in [0.29, 0.717) is 6.61 Å². The fourth-order valence-electron chi connectivity index (χ4n) is 2.55. The second-order valence-corrected chi connectivity index (χ2v) is 4.89. The molecule has 0 aliphatic heterocycles. The van der Waals surface area contributed by atoms with Gasteiger partial charge in [0.1, 0.15) is 12.4 Å². The predicted octanol–water partition coefficient (Wildman–Crippen LogP) is 3.97. The van der Waals surface area contributed by atoms with Crippen LogP contribution in [0.3, 0.4) is 0 Å². The zero-order chi connectivity index (χ0) is 13.1. The van der Waals surface area contributed by atoms with Crippen LogP contribution >= 0.6 is 0 Å². The third-order valence-electron chi connectivity index (χ3n) is 3.55. The molecule has 96 valence electrons. The van der Waals surface area contributed by atoms with Crippen LogP contribution in [0, 0.1) is 5.41 Å². The van der Waals surface area contributed by atoms with Crippen molar-refractivity contribution >= 4 is 5.71 Å². The molecular formula is C17H17NO. The van der Waals surface area contributed by atoms with Gasteiger partial charge in [0.15, 0.2) is 0 Å². The van der Waals surface area contributed by atoms with E-state index in [2.05, 4.69) is 12.1 Å². The Morgan fingerprint density at radius 3 is 2.63 bits per heavy atom.